The summed E-state index contributed by atoms with van der Waals surface area (Å²) in [6, 6.07) is 1.68. The van der Waals surface area contributed by atoms with Gasteiger partial charge in [0.25, 0.3) is 0 Å². The molecule has 5 heteroatoms. The molecule has 0 spiro atoms. The van der Waals surface area contributed by atoms with Crippen LogP contribution in [0.15, 0.2) is 16.3 Å². The minimum Gasteiger partial charge on any atom is -0.477 e. The highest BCUT2D eigenvalue weighted by Gasteiger charge is 2.05. The van der Waals surface area contributed by atoms with Gasteiger partial charge in [-0.25, -0.2) is 4.79 Å². The van der Waals surface area contributed by atoms with E-state index < -0.39 is 5.97 Å². The number of halogens is 1. The molecule has 1 aromatic rings. The van der Waals surface area contributed by atoms with Gasteiger partial charge in [0, 0.05) is 10.3 Å². The number of carboxylic acid groups (broad SMARTS) is 1. The smallest absolute Gasteiger partial charge is 0.345 e. The third-order valence-corrected chi connectivity index (χ3v) is 3.44. The number of hydrogen-bond acceptors (Lipinski definition) is 3. The SMILES string of the molecule is O=C(O)c1cc(SCBr)cs1. The molecule has 1 rings (SSSR count). The van der Waals surface area contributed by atoms with Crippen molar-refractivity contribution in [1.82, 2.24) is 0 Å². The maximum Gasteiger partial charge on any atom is 0.345 e. The lowest BCUT2D eigenvalue weighted by molar-refractivity contribution is 0.0702. The summed E-state index contributed by atoms with van der Waals surface area (Å²) in [7, 11) is 0. The monoisotopic (exact) mass is 252 g/mol. The molecule has 1 N–H and O–H groups in total. The van der Waals surface area contributed by atoms with E-state index in [0.29, 0.717) is 4.88 Å². The molecule has 0 atom stereocenters. The summed E-state index contributed by atoms with van der Waals surface area (Å²) in [4.78, 5) is 11.8. The first kappa shape index (κ1) is 9.09. The molecule has 0 aliphatic carbocycles. The zero-order valence-corrected chi connectivity index (χ0v) is 8.63. The Balaban J connectivity index is 2.73. The van der Waals surface area contributed by atoms with Crippen LogP contribution < -0.4 is 0 Å². The third kappa shape index (κ3) is 2.50. The molecule has 0 aromatic carbocycles. The van der Waals surface area contributed by atoms with Gasteiger partial charge in [-0.3, -0.25) is 0 Å². The van der Waals surface area contributed by atoms with Crippen molar-refractivity contribution < 1.29 is 9.90 Å². The summed E-state index contributed by atoms with van der Waals surface area (Å²) in [5, 5.41) is 10.4. The number of thioether (sulfide) groups is 1. The van der Waals surface area contributed by atoms with E-state index in [1.54, 1.807) is 17.8 Å². The molecular formula is C6H5BrO2S2. The van der Waals surface area contributed by atoms with Crippen molar-refractivity contribution in [1.29, 1.82) is 0 Å². The van der Waals surface area contributed by atoms with Crippen molar-refractivity contribution in [2.45, 2.75) is 4.90 Å². The molecule has 0 saturated carbocycles. The van der Waals surface area contributed by atoms with Crippen LogP contribution in [0.5, 0.6) is 0 Å². The average molecular weight is 253 g/mol. The highest BCUT2D eigenvalue weighted by molar-refractivity contribution is 9.11. The Hall–Kier alpha value is -0.0000000000000000833. The maximum atomic E-state index is 10.4. The molecule has 1 aromatic heterocycles. The van der Waals surface area contributed by atoms with E-state index in [2.05, 4.69) is 15.9 Å². The van der Waals surface area contributed by atoms with E-state index in [1.165, 1.54) is 11.3 Å². The van der Waals surface area contributed by atoms with Gasteiger partial charge < -0.3 is 5.11 Å². The van der Waals surface area contributed by atoms with Gasteiger partial charge in [-0.05, 0) is 6.07 Å². The second-order valence-electron chi connectivity index (χ2n) is 1.71. The molecule has 0 saturated heterocycles. The molecule has 0 aliphatic heterocycles. The van der Waals surface area contributed by atoms with Crippen molar-refractivity contribution >= 4 is 45.0 Å². The van der Waals surface area contributed by atoms with Crippen molar-refractivity contribution in [2.75, 3.05) is 4.66 Å². The van der Waals surface area contributed by atoms with E-state index in [9.17, 15) is 4.79 Å². The first-order valence-corrected chi connectivity index (χ1v) is 5.73. The second kappa shape index (κ2) is 4.13. The zero-order chi connectivity index (χ0) is 8.27. The summed E-state index contributed by atoms with van der Waals surface area (Å²) in [5.41, 5.74) is 0. The Kier molecular flexibility index (Phi) is 3.42. The van der Waals surface area contributed by atoms with E-state index in [-0.39, 0.29) is 0 Å². The highest BCUT2D eigenvalue weighted by atomic mass is 79.9. The van der Waals surface area contributed by atoms with Gasteiger partial charge in [0.2, 0.25) is 0 Å². The fourth-order valence-corrected chi connectivity index (χ4v) is 2.79. The highest BCUT2D eigenvalue weighted by Crippen LogP contribution is 2.25. The van der Waals surface area contributed by atoms with Gasteiger partial charge in [-0.1, -0.05) is 15.9 Å². The van der Waals surface area contributed by atoms with Crippen LogP contribution in [0, 0.1) is 0 Å². The molecule has 0 bridgehead atoms. The molecule has 0 unspecified atom stereocenters. The van der Waals surface area contributed by atoms with Crippen LogP contribution in [0.3, 0.4) is 0 Å². The number of carbonyl (C=O) groups is 1. The minimum atomic E-state index is -0.851. The Morgan fingerprint density at radius 3 is 3.00 bits per heavy atom. The lowest BCUT2D eigenvalue weighted by atomic mass is 10.5. The molecule has 1 heterocycles. The van der Waals surface area contributed by atoms with Gasteiger partial charge >= 0.3 is 5.97 Å². The van der Waals surface area contributed by atoms with Crippen LogP contribution in [0.2, 0.25) is 0 Å². The Morgan fingerprint density at radius 2 is 2.55 bits per heavy atom. The molecule has 60 valence electrons. The predicted octanol–water partition coefficient (Wildman–Crippen LogP) is 2.89. The summed E-state index contributed by atoms with van der Waals surface area (Å²) in [6.07, 6.45) is 0. The van der Waals surface area contributed by atoms with Gasteiger partial charge in [-0.2, -0.15) is 0 Å². The van der Waals surface area contributed by atoms with E-state index in [4.69, 9.17) is 5.11 Å². The van der Waals surface area contributed by atoms with Gasteiger partial charge in [0.05, 0.1) is 4.66 Å². The summed E-state index contributed by atoms with van der Waals surface area (Å²) in [6.45, 7) is 0. The lowest BCUT2D eigenvalue weighted by Gasteiger charge is -1.86. The maximum absolute atomic E-state index is 10.4. The van der Waals surface area contributed by atoms with Gasteiger partial charge in [0.1, 0.15) is 4.88 Å². The summed E-state index contributed by atoms with van der Waals surface area (Å²) < 4.78 is 0.794. The molecule has 2 nitrogen and oxygen atoms in total. The number of rotatable bonds is 3. The van der Waals surface area contributed by atoms with Crippen molar-refractivity contribution in [3.63, 3.8) is 0 Å². The quantitative estimate of drug-likeness (QED) is 0.664. The molecule has 0 radical (unpaired) electrons. The summed E-state index contributed by atoms with van der Waals surface area (Å²) >= 11 is 6.09. The summed E-state index contributed by atoms with van der Waals surface area (Å²) in [5.74, 6) is -0.851. The first-order chi connectivity index (χ1) is 5.24. The van der Waals surface area contributed by atoms with E-state index in [1.807, 2.05) is 5.38 Å². The molecule has 11 heavy (non-hydrogen) atoms. The van der Waals surface area contributed by atoms with Crippen LogP contribution in [0.4, 0.5) is 0 Å². The standard InChI is InChI=1S/C6H5BrO2S2/c7-3-11-4-1-5(6(8)9)10-2-4/h1-2H,3H2,(H,8,9). The topological polar surface area (TPSA) is 37.3 Å². The predicted molar refractivity (Wildman–Crippen MR) is 50.9 cm³/mol. The van der Waals surface area contributed by atoms with Crippen LogP contribution in [-0.4, -0.2) is 15.7 Å². The minimum absolute atomic E-state index is 0.397. The van der Waals surface area contributed by atoms with Crippen LogP contribution in [-0.2, 0) is 0 Å². The number of alkyl halides is 1. The molecular weight excluding hydrogens is 248 g/mol. The van der Waals surface area contributed by atoms with Crippen LogP contribution in [0.25, 0.3) is 0 Å². The Labute approximate surface area is 80.7 Å². The largest absolute Gasteiger partial charge is 0.477 e. The van der Waals surface area contributed by atoms with E-state index >= 15 is 0 Å². The number of carboxylic acids is 1. The van der Waals surface area contributed by atoms with Crippen LogP contribution in [0.1, 0.15) is 9.67 Å². The van der Waals surface area contributed by atoms with Crippen molar-refractivity contribution in [2.24, 2.45) is 0 Å². The second-order valence-corrected chi connectivity index (χ2v) is 4.97. The van der Waals surface area contributed by atoms with E-state index in [0.717, 1.165) is 9.56 Å². The van der Waals surface area contributed by atoms with Gasteiger partial charge in [-0.15, -0.1) is 23.1 Å². The third-order valence-electron chi connectivity index (χ3n) is 1.01. The van der Waals surface area contributed by atoms with Gasteiger partial charge in [0.15, 0.2) is 0 Å². The molecule has 0 aliphatic rings. The normalized spacial score (nSPS) is 9.91. The first-order valence-electron chi connectivity index (χ1n) is 2.74. The fraction of sp³-hybridized carbons (Fsp3) is 0.167. The van der Waals surface area contributed by atoms with Crippen molar-refractivity contribution in [3.8, 4) is 0 Å². The lowest BCUT2D eigenvalue weighted by Crippen LogP contribution is -1.89. The fourth-order valence-electron chi connectivity index (χ4n) is 0.570. The van der Waals surface area contributed by atoms with Crippen LogP contribution >= 0.6 is 39.0 Å². The Morgan fingerprint density at radius 1 is 1.82 bits per heavy atom. The average Bonchev–Trinajstić information content (AvgIpc) is 2.37. The van der Waals surface area contributed by atoms with Crippen molar-refractivity contribution in [3.05, 3.63) is 16.3 Å². The number of hydrogen-bond donors (Lipinski definition) is 1. The Bertz CT molecular complexity index is 259. The molecule has 0 amide bonds. The zero-order valence-electron chi connectivity index (χ0n) is 5.41. The number of thiophene rings is 1. The number of aromatic carboxylic acids is 1. The molecule has 0 fully saturated rings.